The number of sulfone groups is 1. The van der Waals surface area contributed by atoms with Gasteiger partial charge in [0, 0.05) is 41.8 Å². The number of carbonyl (C=O) groups is 2. The van der Waals surface area contributed by atoms with E-state index in [1.54, 1.807) is 25.7 Å². The summed E-state index contributed by atoms with van der Waals surface area (Å²) in [4.78, 5) is 26.4. The molecule has 0 saturated carbocycles. The summed E-state index contributed by atoms with van der Waals surface area (Å²) in [6.07, 6.45) is -5.41. The molecule has 0 aromatic heterocycles. The van der Waals surface area contributed by atoms with Gasteiger partial charge in [-0.2, -0.15) is 13.2 Å². The second kappa shape index (κ2) is 12.1. The van der Waals surface area contributed by atoms with Gasteiger partial charge in [-0.3, -0.25) is 9.69 Å². The highest BCUT2D eigenvalue weighted by atomic mass is 35.5. The van der Waals surface area contributed by atoms with Crippen LogP contribution in [0.25, 0.3) is 0 Å². The molecule has 0 spiro atoms. The minimum Gasteiger partial charge on any atom is -0.444 e. The van der Waals surface area contributed by atoms with Gasteiger partial charge in [0.1, 0.15) is 5.60 Å². The fourth-order valence-electron chi connectivity index (χ4n) is 4.09. The molecule has 1 saturated heterocycles. The van der Waals surface area contributed by atoms with Crippen molar-refractivity contribution in [2.45, 2.75) is 63.5 Å². The molecule has 0 bridgehead atoms. The molecule has 2 N–H and O–H groups in total. The molecule has 8 nitrogen and oxygen atoms in total. The molecule has 1 fully saturated rings. The molecule has 0 radical (unpaired) electrons. The number of nitrogens with one attached hydrogen (secondary N) is 2. The van der Waals surface area contributed by atoms with Crippen LogP contribution in [0, 0.1) is 0 Å². The number of nitrogens with zero attached hydrogens (tertiary/aromatic N) is 1. The summed E-state index contributed by atoms with van der Waals surface area (Å²) in [5.74, 6) is -1.06. The molecule has 0 atom stereocenters. The number of alkyl halides is 3. The molecule has 1 heterocycles. The molecule has 40 heavy (non-hydrogen) atoms. The second-order valence-electron chi connectivity index (χ2n) is 10.4. The molecular weight excluding hydrogens is 594 g/mol. The van der Waals surface area contributed by atoms with Gasteiger partial charge in [0.15, 0.2) is 9.84 Å². The zero-order valence-corrected chi connectivity index (χ0v) is 24.6. The predicted octanol–water partition coefficient (Wildman–Crippen LogP) is 5.44. The van der Waals surface area contributed by atoms with Crippen LogP contribution >= 0.6 is 23.2 Å². The van der Waals surface area contributed by atoms with E-state index < -0.39 is 39.2 Å². The highest BCUT2D eigenvalue weighted by Crippen LogP contribution is 2.37. The van der Waals surface area contributed by atoms with Crippen LogP contribution in [0.3, 0.4) is 0 Å². The fourth-order valence-corrected chi connectivity index (χ4v) is 5.68. The van der Waals surface area contributed by atoms with Gasteiger partial charge in [0.05, 0.1) is 22.3 Å². The molecule has 220 valence electrons. The molecule has 2 aromatic carbocycles. The van der Waals surface area contributed by atoms with Gasteiger partial charge < -0.3 is 15.4 Å². The van der Waals surface area contributed by atoms with Crippen molar-refractivity contribution in [1.82, 2.24) is 15.5 Å². The van der Waals surface area contributed by atoms with Gasteiger partial charge in [-0.1, -0.05) is 30.1 Å². The smallest absolute Gasteiger partial charge is 0.416 e. The third-order valence-electron chi connectivity index (χ3n) is 6.00. The lowest BCUT2D eigenvalue weighted by Gasteiger charge is -2.40. The van der Waals surface area contributed by atoms with Crippen LogP contribution < -0.4 is 10.6 Å². The number of ether oxygens (including phenoxy) is 1. The van der Waals surface area contributed by atoms with E-state index in [1.807, 2.05) is 0 Å². The zero-order chi connectivity index (χ0) is 30.0. The van der Waals surface area contributed by atoms with Crippen LogP contribution in [0.5, 0.6) is 0 Å². The maximum atomic E-state index is 14.0. The Labute approximate surface area is 241 Å². The van der Waals surface area contributed by atoms with Crippen molar-refractivity contribution in [2.75, 3.05) is 18.8 Å². The van der Waals surface area contributed by atoms with Crippen LogP contribution in [0.1, 0.15) is 54.7 Å². The number of likely N-dealkylation sites (tertiary alicyclic amines) is 1. The summed E-state index contributed by atoms with van der Waals surface area (Å²) in [5, 5.41) is 5.11. The van der Waals surface area contributed by atoms with Gasteiger partial charge in [-0.15, -0.1) is 0 Å². The number of halogens is 5. The van der Waals surface area contributed by atoms with E-state index in [0.29, 0.717) is 6.07 Å². The van der Waals surface area contributed by atoms with E-state index >= 15 is 0 Å². The van der Waals surface area contributed by atoms with Crippen molar-refractivity contribution in [3.8, 4) is 0 Å². The van der Waals surface area contributed by atoms with E-state index in [1.165, 1.54) is 25.1 Å². The van der Waals surface area contributed by atoms with Gasteiger partial charge in [0.2, 0.25) is 0 Å². The Balaban J connectivity index is 1.74. The Kier molecular flexibility index (Phi) is 9.70. The monoisotopic (exact) mass is 623 g/mol. The molecular formula is C26H30Cl2F3N3O5S. The number of hydrogen-bond donors (Lipinski definition) is 2. The van der Waals surface area contributed by atoms with Crippen molar-refractivity contribution in [2.24, 2.45) is 0 Å². The number of hydrogen-bond acceptors (Lipinski definition) is 6. The predicted molar refractivity (Wildman–Crippen MR) is 145 cm³/mol. The Hall–Kier alpha value is -2.54. The lowest BCUT2D eigenvalue weighted by atomic mass is 10.00. The SMILES string of the molecule is CCS(=O)(=O)c1ccc(Cl)cc1CNC(=O)c1cc(Cl)c(CN2CC(NC(=O)OC(C)(C)C)C2)c(C(F)(F)F)c1. The van der Waals surface area contributed by atoms with E-state index in [0.717, 1.165) is 6.07 Å². The molecule has 2 amide bonds. The molecule has 1 aliphatic heterocycles. The lowest BCUT2D eigenvalue weighted by molar-refractivity contribution is -0.138. The van der Waals surface area contributed by atoms with E-state index in [2.05, 4.69) is 10.6 Å². The third-order valence-corrected chi connectivity index (χ3v) is 8.40. The normalized spacial score (nSPS) is 14.9. The van der Waals surface area contributed by atoms with Gasteiger partial charge in [-0.25, -0.2) is 13.2 Å². The summed E-state index contributed by atoms with van der Waals surface area (Å²) >= 11 is 12.2. The quantitative estimate of drug-likeness (QED) is 0.405. The number of rotatable bonds is 8. The molecule has 1 aliphatic rings. The number of benzene rings is 2. The van der Waals surface area contributed by atoms with Crippen LogP contribution in [0.15, 0.2) is 35.2 Å². The van der Waals surface area contributed by atoms with Gasteiger partial charge in [-0.05, 0) is 62.2 Å². The van der Waals surface area contributed by atoms with Crippen LogP contribution in [-0.2, 0) is 33.8 Å². The largest absolute Gasteiger partial charge is 0.444 e. The Bertz CT molecular complexity index is 1390. The molecule has 14 heteroatoms. The fraction of sp³-hybridized carbons (Fsp3) is 0.462. The van der Waals surface area contributed by atoms with E-state index in [-0.39, 0.29) is 69.6 Å². The average Bonchev–Trinajstić information content (AvgIpc) is 2.79. The Morgan fingerprint density at radius 1 is 1.10 bits per heavy atom. The zero-order valence-electron chi connectivity index (χ0n) is 22.3. The van der Waals surface area contributed by atoms with E-state index in [4.69, 9.17) is 27.9 Å². The first-order valence-electron chi connectivity index (χ1n) is 12.3. The summed E-state index contributed by atoms with van der Waals surface area (Å²) in [7, 11) is -3.64. The maximum absolute atomic E-state index is 14.0. The van der Waals surface area contributed by atoms with Crippen LogP contribution in [0.4, 0.5) is 18.0 Å². The van der Waals surface area contributed by atoms with Gasteiger partial charge >= 0.3 is 12.3 Å². The van der Waals surface area contributed by atoms with Crippen molar-refractivity contribution < 1.29 is 35.9 Å². The number of amides is 2. The molecule has 3 rings (SSSR count). The van der Waals surface area contributed by atoms with E-state index in [9.17, 15) is 31.2 Å². The third kappa shape index (κ3) is 8.25. The number of carbonyl (C=O) groups excluding carboxylic acids is 2. The van der Waals surface area contributed by atoms with Crippen LogP contribution in [0.2, 0.25) is 10.0 Å². The highest BCUT2D eigenvalue weighted by molar-refractivity contribution is 7.91. The summed E-state index contributed by atoms with van der Waals surface area (Å²) in [6, 6.07) is 5.66. The summed E-state index contributed by atoms with van der Waals surface area (Å²) in [6.45, 7) is 6.76. The minimum absolute atomic E-state index is 0.0296. The molecule has 0 unspecified atom stereocenters. The Morgan fingerprint density at radius 2 is 1.75 bits per heavy atom. The average molecular weight is 625 g/mol. The summed E-state index contributed by atoms with van der Waals surface area (Å²) < 4.78 is 72.0. The van der Waals surface area contributed by atoms with Crippen molar-refractivity contribution >= 4 is 45.0 Å². The second-order valence-corrected chi connectivity index (χ2v) is 13.4. The molecule has 2 aromatic rings. The number of alkyl carbamates (subject to hydrolysis) is 1. The first-order valence-corrected chi connectivity index (χ1v) is 14.7. The topological polar surface area (TPSA) is 105 Å². The molecule has 0 aliphatic carbocycles. The van der Waals surface area contributed by atoms with Gasteiger partial charge in [0.25, 0.3) is 5.91 Å². The first-order chi connectivity index (χ1) is 18.4. The standard InChI is InChI=1S/C26H30Cl2F3N3O5S/c1-5-40(37,38)22-7-6-17(27)8-16(22)11-32-23(35)15-9-20(26(29,30)31)19(21(28)10-15)14-34-12-18(13-34)33-24(36)39-25(2,3)4/h6-10,18H,5,11-14H2,1-4H3,(H,32,35)(H,33,36). The minimum atomic E-state index is -4.80. The maximum Gasteiger partial charge on any atom is 0.416 e. The highest BCUT2D eigenvalue weighted by Gasteiger charge is 2.38. The lowest BCUT2D eigenvalue weighted by Crippen LogP contribution is -2.59. The first kappa shape index (κ1) is 32.0. The van der Waals surface area contributed by atoms with Crippen molar-refractivity contribution in [3.05, 3.63) is 62.6 Å². The van der Waals surface area contributed by atoms with Crippen molar-refractivity contribution in [3.63, 3.8) is 0 Å². The Morgan fingerprint density at radius 3 is 2.33 bits per heavy atom. The van der Waals surface area contributed by atoms with Crippen LogP contribution in [-0.4, -0.2) is 55.8 Å². The van der Waals surface area contributed by atoms with Crippen molar-refractivity contribution in [1.29, 1.82) is 0 Å². The summed E-state index contributed by atoms with van der Waals surface area (Å²) in [5.41, 5.74) is -2.08.